The van der Waals surface area contributed by atoms with Crippen LogP contribution < -0.4 is 15.5 Å². The molecule has 1 atom stereocenters. The number of rotatable bonds is 7. The molecule has 0 aromatic carbocycles. The van der Waals surface area contributed by atoms with Crippen molar-refractivity contribution in [3.05, 3.63) is 36.0 Å². The average molecular weight is 458 g/mol. The number of pyridine rings is 2. The first-order valence-corrected chi connectivity index (χ1v) is 12.5. The highest BCUT2D eigenvalue weighted by Gasteiger charge is 2.40. The van der Waals surface area contributed by atoms with E-state index >= 15 is 0 Å². The Morgan fingerprint density at radius 1 is 1.28 bits per heavy atom. The molecule has 2 aromatic heterocycles. The van der Waals surface area contributed by atoms with Gasteiger partial charge in [0.25, 0.3) is 5.91 Å². The smallest absolute Gasteiger partial charge is 0.253 e. The lowest BCUT2D eigenvalue weighted by atomic mass is 9.97. The van der Waals surface area contributed by atoms with E-state index < -0.39 is 15.7 Å². The van der Waals surface area contributed by atoms with Crippen molar-refractivity contribution in [3.8, 4) is 0 Å². The van der Waals surface area contributed by atoms with Gasteiger partial charge in [-0.05, 0) is 63.1 Å². The topological polar surface area (TPSA) is 109 Å². The normalized spacial score (nSPS) is 20.4. The fraction of sp³-hybridized carbons (Fsp3) is 0.522. The number of carbonyl (C=O) groups excluding carboxylic acids is 1. The third-order valence-electron chi connectivity index (χ3n) is 6.36. The van der Waals surface area contributed by atoms with Crippen LogP contribution in [0.25, 0.3) is 0 Å². The van der Waals surface area contributed by atoms with E-state index in [4.69, 9.17) is 5.73 Å². The molecule has 1 unspecified atom stereocenters. The summed E-state index contributed by atoms with van der Waals surface area (Å²) in [6.45, 7) is 7.75. The molecule has 0 radical (unpaired) electrons. The minimum absolute atomic E-state index is 0.0757. The maximum Gasteiger partial charge on any atom is 0.253 e. The molecule has 2 aromatic rings. The van der Waals surface area contributed by atoms with Gasteiger partial charge in [0, 0.05) is 31.9 Å². The van der Waals surface area contributed by atoms with Gasteiger partial charge in [-0.15, -0.1) is 0 Å². The van der Waals surface area contributed by atoms with Crippen LogP contribution in [0.15, 0.2) is 40.4 Å². The number of hydrogen-bond donors (Lipinski definition) is 1. The molecule has 2 fully saturated rings. The summed E-state index contributed by atoms with van der Waals surface area (Å²) < 4.78 is 27.3. The molecular weight excluding hydrogens is 426 g/mol. The van der Waals surface area contributed by atoms with E-state index in [2.05, 4.69) is 30.7 Å². The van der Waals surface area contributed by atoms with Crippen LogP contribution in [0.5, 0.6) is 0 Å². The minimum Gasteiger partial charge on any atom is -0.365 e. The van der Waals surface area contributed by atoms with E-state index in [0.717, 1.165) is 13.0 Å². The van der Waals surface area contributed by atoms with Crippen molar-refractivity contribution < 1.29 is 13.2 Å². The van der Waals surface area contributed by atoms with E-state index in [0.29, 0.717) is 30.0 Å². The van der Waals surface area contributed by atoms with Crippen molar-refractivity contribution in [2.75, 3.05) is 29.9 Å². The maximum absolute atomic E-state index is 13.6. The molecule has 0 spiro atoms. The van der Waals surface area contributed by atoms with Crippen LogP contribution in [-0.4, -0.2) is 50.0 Å². The number of hydrogen-bond acceptors (Lipinski definition) is 7. The van der Waals surface area contributed by atoms with Gasteiger partial charge in [0.15, 0.2) is 5.03 Å². The van der Waals surface area contributed by atoms with Crippen LogP contribution in [0.4, 0.5) is 11.6 Å². The van der Waals surface area contributed by atoms with Crippen molar-refractivity contribution in [3.63, 3.8) is 0 Å². The summed E-state index contributed by atoms with van der Waals surface area (Å²) in [4.78, 5) is 25.2. The van der Waals surface area contributed by atoms with Gasteiger partial charge in [-0.2, -0.15) is 0 Å². The molecule has 2 N–H and O–H groups in total. The zero-order valence-corrected chi connectivity index (χ0v) is 19.9. The van der Waals surface area contributed by atoms with Gasteiger partial charge in [0.1, 0.15) is 17.2 Å². The first kappa shape index (κ1) is 22.5. The molecule has 1 saturated heterocycles. The molecule has 0 bridgehead atoms. The molecular formula is C23H31N5O3S. The molecule has 2 aliphatic rings. The predicted octanol–water partition coefficient (Wildman–Crippen LogP) is 2.88. The van der Waals surface area contributed by atoms with Crippen LogP contribution in [0.2, 0.25) is 0 Å². The van der Waals surface area contributed by atoms with Crippen LogP contribution in [0, 0.1) is 11.8 Å². The number of nitrogens with zero attached hydrogens (tertiary/aromatic N) is 4. The number of primary amides is 1. The predicted molar refractivity (Wildman–Crippen MR) is 124 cm³/mol. The van der Waals surface area contributed by atoms with Gasteiger partial charge in [0.2, 0.25) is 9.84 Å². The van der Waals surface area contributed by atoms with Crippen molar-refractivity contribution in [2.45, 2.75) is 55.5 Å². The largest absolute Gasteiger partial charge is 0.365 e. The van der Waals surface area contributed by atoms with Crippen LogP contribution in [-0.2, 0) is 9.84 Å². The summed E-state index contributed by atoms with van der Waals surface area (Å²) in [5.41, 5.74) is 5.37. The Bertz CT molecular complexity index is 1140. The molecule has 1 aliphatic carbocycles. The molecule has 1 amide bonds. The first-order chi connectivity index (χ1) is 15.0. The van der Waals surface area contributed by atoms with Gasteiger partial charge < -0.3 is 15.5 Å². The fourth-order valence-electron chi connectivity index (χ4n) is 4.71. The second kappa shape index (κ2) is 8.03. The van der Waals surface area contributed by atoms with E-state index in [1.54, 1.807) is 12.1 Å². The van der Waals surface area contributed by atoms with Gasteiger partial charge in [-0.1, -0.05) is 13.0 Å². The number of nitrogens with two attached hydrogens (primary N) is 1. The second-order valence-electron chi connectivity index (χ2n) is 9.77. The van der Waals surface area contributed by atoms with Crippen LogP contribution >= 0.6 is 0 Å². The molecule has 1 saturated carbocycles. The molecule has 32 heavy (non-hydrogen) atoms. The SMILES string of the molecule is CC1CN(c2nccc(S(=O)(=O)c3cccc(N(C)CC4CC4)n3)c2C(N)=O)C(C)(C)C1. The number of aromatic nitrogens is 2. The van der Waals surface area contributed by atoms with Crippen LogP contribution in [0.3, 0.4) is 0 Å². The lowest BCUT2D eigenvalue weighted by molar-refractivity contribution is 0.0997. The van der Waals surface area contributed by atoms with E-state index in [1.165, 1.54) is 31.2 Å². The minimum atomic E-state index is -4.09. The van der Waals surface area contributed by atoms with Crippen LogP contribution in [0.1, 0.15) is 50.4 Å². The highest BCUT2D eigenvalue weighted by atomic mass is 32.2. The van der Waals surface area contributed by atoms with Crippen molar-refractivity contribution in [1.82, 2.24) is 9.97 Å². The average Bonchev–Trinajstić information content (AvgIpc) is 3.50. The third-order valence-corrected chi connectivity index (χ3v) is 8.06. The highest BCUT2D eigenvalue weighted by Crippen LogP contribution is 2.39. The monoisotopic (exact) mass is 457 g/mol. The van der Waals surface area contributed by atoms with Gasteiger partial charge in [-0.25, -0.2) is 18.4 Å². The van der Waals surface area contributed by atoms with Gasteiger partial charge in [-0.3, -0.25) is 4.79 Å². The summed E-state index contributed by atoms with van der Waals surface area (Å²) in [6.07, 6.45) is 4.71. The fourth-order valence-corrected chi connectivity index (χ4v) is 6.11. The van der Waals surface area contributed by atoms with Gasteiger partial charge in [0.05, 0.1) is 4.90 Å². The summed E-state index contributed by atoms with van der Waals surface area (Å²) >= 11 is 0. The quantitative estimate of drug-likeness (QED) is 0.681. The van der Waals surface area contributed by atoms with E-state index in [-0.39, 0.29) is 21.0 Å². The Morgan fingerprint density at radius 3 is 2.59 bits per heavy atom. The molecule has 4 rings (SSSR count). The van der Waals surface area contributed by atoms with Crippen molar-refractivity contribution >= 4 is 27.4 Å². The Hall–Kier alpha value is -2.68. The molecule has 9 heteroatoms. The van der Waals surface area contributed by atoms with E-state index in [1.807, 2.05) is 16.8 Å². The lowest BCUT2D eigenvalue weighted by Gasteiger charge is -2.33. The zero-order valence-electron chi connectivity index (χ0n) is 19.1. The molecule has 3 heterocycles. The van der Waals surface area contributed by atoms with Crippen molar-refractivity contribution in [1.29, 1.82) is 0 Å². The molecule has 8 nitrogen and oxygen atoms in total. The summed E-state index contributed by atoms with van der Waals surface area (Å²) in [5, 5.41) is -0.105. The first-order valence-electron chi connectivity index (χ1n) is 11.0. The molecule has 1 aliphatic heterocycles. The van der Waals surface area contributed by atoms with Gasteiger partial charge >= 0.3 is 0 Å². The Labute approximate surface area is 189 Å². The summed E-state index contributed by atoms with van der Waals surface area (Å²) in [7, 11) is -2.18. The molecule has 172 valence electrons. The number of anilines is 2. The maximum atomic E-state index is 13.6. The number of carbonyl (C=O) groups is 1. The zero-order chi connectivity index (χ0) is 23.3. The third kappa shape index (κ3) is 4.18. The summed E-state index contributed by atoms with van der Waals surface area (Å²) in [5.74, 6) is 1.10. The standard InChI is InChI=1S/C23H31N5O3S/c1-15-12-23(2,3)28(13-15)22-20(21(24)29)17(10-11-25-22)32(30,31)19-7-5-6-18(26-19)27(4)14-16-8-9-16/h5-7,10-11,15-16H,8-9,12-14H2,1-4H3,(H2,24,29). The lowest BCUT2D eigenvalue weighted by Crippen LogP contribution is -2.40. The Kier molecular flexibility index (Phi) is 5.65. The van der Waals surface area contributed by atoms with E-state index in [9.17, 15) is 13.2 Å². The Morgan fingerprint density at radius 2 is 2.00 bits per heavy atom. The Balaban J connectivity index is 1.78. The second-order valence-corrected chi connectivity index (χ2v) is 11.6. The summed E-state index contributed by atoms with van der Waals surface area (Å²) in [6, 6.07) is 6.27. The number of amides is 1. The highest BCUT2D eigenvalue weighted by molar-refractivity contribution is 7.91. The number of sulfone groups is 1. The van der Waals surface area contributed by atoms with Crippen molar-refractivity contribution in [2.24, 2.45) is 17.6 Å².